The minimum atomic E-state index is 0.0267. The molecule has 0 unspecified atom stereocenters. The SMILES string of the molecule is Cc1ncc2cc3n(c2n1)[C@@H]1CCCC[C@H]1NC3=O. The molecule has 0 saturated heterocycles. The van der Waals surface area contributed by atoms with Gasteiger partial charge in [0.2, 0.25) is 0 Å². The standard InChI is InChI=1S/C14H16N4O/c1-8-15-7-9-6-12-14(19)17-10-4-2-3-5-11(10)18(12)13(9)16-8/h6-7,10-11H,2-5H2,1H3,(H,17,19)/t10-,11-/m1/s1. The van der Waals surface area contributed by atoms with Crippen LogP contribution < -0.4 is 5.32 Å². The van der Waals surface area contributed by atoms with Crippen LogP contribution in [0.3, 0.4) is 0 Å². The summed E-state index contributed by atoms with van der Waals surface area (Å²) >= 11 is 0. The Morgan fingerprint density at radius 1 is 1.37 bits per heavy atom. The van der Waals surface area contributed by atoms with Crippen molar-refractivity contribution in [3.8, 4) is 0 Å². The minimum Gasteiger partial charge on any atom is -0.346 e. The Balaban J connectivity index is 1.98. The number of nitrogens with one attached hydrogen (secondary N) is 1. The summed E-state index contributed by atoms with van der Waals surface area (Å²) < 4.78 is 2.15. The highest BCUT2D eigenvalue weighted by Crippen LogP contribution is 2.36. The molecule has 2 atom stereocenters. The van der Waals surface area contributed by atoms with Gasteiger partial charge in [-0.1, -0.05) is 12.8 Å². The molecule has 5 heteroatoms. The number of rotatable bonds is 0. The molecule has 1 N–H and O–H groups in total. The minimum absolute atomic E-state index is 0.0267. The normalized spacial score (nSPS) is 25.8. The molecule has 3 heterocycles. The predicted molar refractivity (Wildman–Crippen MR) is 71.0 cm³/mol. The van der Waals surface area contributed by atoms with Crippen molar-refractivity contribution in [1.29, 1.82) is 0 Å². The van der Waals surface area contributed by atoms with Gasteiger partial charge in [-0.3, -0.25) is 4.79 Å². The van der Waals surface area contributed by atoms with Gasteiger partial charge in [0, 0.05) is 17.6 Å². The van der Waals surface area contributed by atoms with Crippen molar-refractivity contribution in [1.82, 2.24) is 19.9 Å². The molecule has 0 bridgehead atoms. The van der Waals surface area contributed by atoms with Crippen LogP contribution in [0.2, 0.25) is 0 Å². The highest BCUT2D eigenvalue weighted by Gasteiger charge is 2.36. The van der Waals surface area contributed by atoms with E-state index in [9.17, 15) is 4.79 Å². The summed E-state index contributed by atoms with van der Waals surface area (Å²) in [6.45, 7) is 1.89. The fraction of sp³-hybridized carbons (Fsp3) is 0.500. The van der Waals surface area contributed by atoms with E-state index >= 15 is 0 Å². The predicted octanol–water partition coefficient (Wildman–Crippen LogP) is 1.97. The molecule has 98 valence electrons. The first-order chi connectivity index (χ1) is 9.24. The van der Waals surface area contributed by atoms with E-state index < -0.39 is 0 Å². The van der Waals surface area contributed by atoms with E-state index in [2.05, 4.69) is 19.9 Å². The van der Waals surface area contributed by atoms with Gasteiger partial charge in [-0.2, -0.15) is 0 Å². The number of aromatic nitrogens is 3. The Labute approximate surface area is 111 Å². The van der Waals surface area contributed by atoms with Crippen LogP contribution in [-0.4, -0.2) is 26.5 Å². The van der Waals surface area contributed by atoms with Gasteiger partial charge in [-0.05, 0) is 25.8 Å². The summed E-state index contributed by atoms with van der Waals surface area (Å²) in [5, 5.41) is 4.10. The average molecular weight is 256 g/mol. The fourth-order valence-electron chi connectivity index (χ4n) is 3.43. The van der Waals surface area contributed by atoms with Crippen molar-refractivity contribution in [2.45, 2.75) is 44.7 Å². The molecular formula is C14H16N4O. The molecule has 2 aliphatic rings. The van der Waals surface area contributed by atoms with E-state index in [1.54, 1.807) is 0 Å². The molecule has 1 amide bonds. The van der Waals surface area contributed by atoms with E-state index in [0.717, 1.165) is 35.4 Å². The van der Waals surface area contributed by atoms with E-state index in [4.69, 9.17) is 0 Å². The number of carbonyl (C=O) groups excluding carboxylic acids is 1. The van der Waals surface area contributed by atoms with Crippen LogP contribution in [0.4, 0.5) is 0 Å². The Kier molecular flexibility index (Phi) is 2.19. The van der Waals surface area contributed by atoms with Gasteiger partial charge in [-0.25, -0.2) is 9.97 Å². The van der Waals surface area contributed by atoms with Gasteiger partial charge in [0.25, 0.3) is 5.91 Å². The van der Waals surface area contributed by atoms with Crippen LogP contribution >= 0.6 is 0 Å². The summed E-state index contributed by atoms with van der Waals surface area (Å²) in [4.78, 5) is 21.0. The fourth-order valence-corrected chi connectivity index (χ4v) is 3.43. The third kappa shape index (κ3) is 1.50. The molecule has 2 aromatic rings. The van der Waals surface area contributed by atoms with E-state index in [0.29, 0.717) is 6.04 Å². The number of nitrogens with zero attached hydrogens (tertiary/aromatic N) is 3. The van der Waals surface area contributed by atoms with Crippen LogP contribution in [-0.2, 0) is 0 Å². The molecular weight excluding hydrogens is 240 g/mol. The molecule has 1 fully saturated rings. The lowest BCUT2D eigenvalue weighted by molar-refractivity contribution is 0.0855. The maximum atomic E-state index is 12.2. The van der Waals surface area contributed by atoms with Crippen LogP contribution in [0.15, 0.2) is 12.3 Å². The number of carbonyl (C=O) groups is 1. The highest BCUT2D eigenvalue weighted by molar-refractivity contribution is 5.99. The number of hydrogen-bond acceptors (Lipinski definition) is 3. The third-order valence-electron chi connectivity index (χ3n) is 4.31. The number of amides is 1. The van der Waals surface area contributed by atoms with E-state index in [-0.39, 0.29) is 11.9 Å². The number of aryl methyl sites for hydroxylation is 1. The van der Waals surface area contributed by atoms with Crippen molar-refractivity contribution in [3.05, 3.63) is 23.8 Å². The van der Waals surface area contributed by atoms with Crippen molar-refractivity contribution in [3.63, 3.8) is 0 Å². The molecule has 1 aliphatic heterocycles. The second-order valence-electron chi connectivity index (χ2n) is 5.53. The first-order valence-corrected chi connectivity index (χ1v) is 6.89. The molecule has 5 nitrogen and oxygen atoms in total. The smallest absolute Gasteiger partial charge is 0.268 e. The molecule has 1 aliphatic carbocycles. The zero-order valence-corrected chi connectivity index (χ0v) is 10.9. The van der Waals surface area contributed by atoms with Crippen LogP contribution in [0, 0.1) is 6.92 Å². The van der Waals surface area contributed by atoms with Gasteiger partial charge in [0.05, 0.1) is 6.04 Å². The molecule has 2 aromatic heterocycles. The Morgan fingerprint density at radius 2 is 2.21 bits per heavy atom. The van der Waals surface area contributed by atoms with Crippen LogP contribution in [0.1, 0.15) is 48.0 Å². The van der Waals surface area contributed by atoms with Crippen molar-refractivity contribution >= 4 is 16.9 Å². The molecule has 0 spiro atoms. The summed E-state index contributed by atoms with van der Waals surface area (Å²) in [6.07, 6.45) is 6.42. The summed E-state index contributed by atoms with van der Waals surface area (Å²) in [5.41, 5.74) is 1.65. The topological polar surface area (TPSA) is 59.8 Å². The third-order valence-corrected chi connectivity index (χ3v) is 4.31. The zero-order chi connectivity index (χ0) is 13.0. The summed E-state index contributed by atoms with van der Waals surface area (Å²) in [5.74, 6) is 0.783. The first kappa shape index (κ1) is 11.0. The van der Waals surface area contributed by atoms with Gasteiger partial charge in [-0.15, -0.1) is 0 Å². The van der Waals surface area contributed by atoms with E-state index in [1.807, 2.05) is 19.2 Å². The lowest BCUT2D eigenvalue weighted by Gasteiger charge is -2.38. The van der Waals surface area contributed by atoms with Gasteiger partial charge < -0.3 is 9.88 Å². The lowest BCUT2D eigenvalue weighted by Crippen LogP contribution is -2.48. The van der Waals surface area contributed by atoms with Gasteiger partial charge in [0.1, 0.15) is 17.2 Å². The number of hydrogen-bond donors (Lipinski definition) is 1. The highest BCUT2D eigenvalue weighted by atomic mass is 16.2. The van der Waals surface area contributed by atoms with Gasteiger partial charge in [0.15, 0.2) is 0 Å². The zero-order valence-electron chi connectivity index (χ0n) is 10.9. The largest absolute Gasteiger partial charge is 0.346 e. The quantitative estimate of drug-likeness (QED) is 0.784. The Hall–Kier alpha value is -1.91. The summed E-state index contributed by atoms with van der Waals surface area (Å²) in [6, 6.07) is 2.53. The molecule has 0 radical (unpaired) electrons. The Morgan fingerprint density at radius 3 is 3.11 bits per heavy atom. The van der Waals surface area contributed by atoms with Crippen molar-refractivity contribution in [2.75, 3.05) is 0 Å². The van der Waals surface area contributed by atoms with Crippen molar-refractivity contribution in [2.24, 2.45) is 0 Å². The second kappa shape index (κ2) is 3.79. The maximum Gasteiger partial charge on any atom is 0.268 e. The van der Waals surface area contributed by atoms with E-state index in [1.165, 1.54) is 12.8 Å². The molecule has 0 aromatic carbocycles. The van der Waals surface area contributed by atoms with Crippen LogP contribution in [0.5, 0.6) is 0 Å². The second-order valence-corrected chi connectivity index (χ2v) is 5.53. The molecule has 4 rings (SSSR count). The van der Waals surface area contributed by atoms with Crippen molar-refractivity contribution < 1.29 is 4.79 Å². The maximum absolute atomic E-state index is 12.2. The van der Waals surface area contributed by atoms with Gasteiger partial charge >= 0.3 is 0 Å². The lowest BCUT2D eigenvalue weighted by atomic mass is 9.88. The molecule has 1 saturated carbocycles. The molecule has 19 heavy (non-hydrogen) atoms. The van der Waals surface area contributed by atoms with Crippen LogP contribution in [0.25, 0.3) is 11.0 Å². The average Bonchev–Trinajstić information content (AvgIpc) is 2.78. The summed E-state index contributed by atoms with van der Waals surface area (Å²) in [7, 11) is 0. The number of fused-ring (bicyclic) bond motifs is 5. The monoisotopic (exact) mass is 256 g/mol. The first-order valence-electron chi connectivity index (χ1n) is 6.89. The Bertz CT molecular complexity index is 675.